The molecule has 0 saturated carbocycles. The summed E-state index contributed by atoms with van der Waals surface area (Å²) in [6.45, 7) is 5.91. The van der Waals surface area contributed by atoms with Gasteiger partial charge in [-0.2, -0.15) is 5.10 Å². The van der Waals surface area contributed by atoms with Gasteiger partial charge in [0.1, 0.15) is 6.26 Å². The second kappa shape index (κ2) is 7.29. The van der Waals surface area contributed by atoms with Crippen LogP contribution in [0.5, 0.6) is 0 Å². The van der Waals surface area contributed by atoms with Gasteiger partial charge < -0.3 is 9.42 Å². The Kier molecular flexibility index (Phi) is 5.29. The number of rotatable bonds is 4. The molecule has 3 rings (SSSR count). The average molecular weight is 384 g/mol. The summed E-state index contributed by atoms with van der Waals surface area (Å²) < 4.78 is 6.48. The molecule has 0 bridgehead atoms. The van der Waals surface area contributed by atoms with E-state index in [1.165, 1.54) is 6.26 Å². The van der Waals surface area contributed by atoms with Crippen LogP contribution >= 0.6 is 23.4 Å². The summed E-state index contributed by atoms with van der Waals surface area (Å²) in [6, 6.07) is 1.50. The molecule has 2 amide bonds. The van der Waals surface area contributed by atoms with Crippen LogP contribution in [0.25, 0.3) is 0 Å². The number of carbonyl (C=O) groups excluding carboxylic acids is 1. The van der Waals surface area contributed by atoms with E-state index in [9.17, 15) is 4.79 Å². The van der Waals surface area contributed by atoms with Crippen molar-refractivity contribution in [2.24, 2.45) is 13.0 Å². The molecule has 1 aliphatic rings. The highest BCUT2D eigenvalue weighted by Gasteiger charge is 2.35. The van der Waals surface area contributed by atoms with E-state index in [1.807, 2.05) is 18.1 Å². The van der Waals surface area contributed by atoms with E-state index in [1.54, 1.807) is 22.5 Å². The Labute approximate surface area is 156 Å². The molecule has 0 aromatic carbocycles. The molecule has 0 aliphatic carbocycles. The zero-order valence-electron chi connectivity index (χ0n) is 14.5. The van der Waals surface area contributed by atoms with Gasteiger partial charge in [-0.25, -0.2) is 4.79 Å². The van der Waals surface area contributed by atoms with E-state index in [0.717, 1.165) is 30.8 Å². The minimum absolute atomic E-state index is 0.0152. The van der Waals surface area contributed by atoms with Crippen molar-refractivity contribution in [2.75, 3.05) is 18.4 Å². The number of likely N-dealkylation sites (tertiary alicyclic amines) is 1. The van der Waals surface area contributed by atoms with Crippen molar-refractivity contribution >= 4 is 35.2 Å². The number of amides is 2. The smallest absolute Gasteiger partial charge is 0.323 e. The molecule has 2 aromatic heterocycles. The first kappa shape index (κ1) is 18.1. The van der Waals surface area contributed by atoms with E-state index in [2.05, 4.69) is 29.4 Å². The molecular formula is C16H22ClN5O2S. The summed E-state index contributed by atoms with van der Waals surface area (Å²) in [5.41, 5.74) is 0. The molecule has 1 N–H and O–H groups in total. The zero-order chi connectivity index (χ0) is 18.0. The number of hydrogen-bond acceptors (Lipinski definition) is 5. The fourth-order valence-corrected chi connectivity index (χ4v) is 4.70. The molecule has 0 atom stereocenters. The molecule has 7 nitrogen and oxygen atoms in total. The van der Waals surface area contributed by atoms with E-state index >= 15 is 0 Å². The van der Waals surface area contributed by atoms with Gasteiger partial charge in [-0.3, -0.25) is 10.00 Å². The van der Waals surface area contributed by atoms with Gasteiger partial charge in [-0.15, -0.1) is 11.8 Å². The van der Waals surface area contributed by atoms with Gasteiger partial charge in [0.25, 0.3) is 0 Å². The Morgan fingerprint density at radius 2 is 2.16 bits per heavy atom. The van der Waals surface area contributed by atoms with E-state index in [0.29, 0.717) is 16.9 Å². The second-order valence-corrected chi connectivity index (χ2v) is 8.79. The number of nitrogens with zero attached hydrogens (tertiary/aromatic N) is 4. The maximum atomic E-state index is 12.3. The Hall–Kier alpha value is -1.67. The van der Waals surface area contributed by atoms with Crippen LogP contribution in [0.15, 0.2) is 27.9 Å². The molecule has 2 aromatic rings. The van der Waals surface area contributed by atoms with Crippen LogP contribution in [-0.2, 0) is 7.05 Å². The summed E-state index contributed by atoms with van der Waals surface area (Å²) >= 11 is 7.95. The molecule has 1 saturated heterocycles. The number of urea groups is 1. The molecule has 3 heterocycles. The fourth-order valence-electron chi connectivity index (χ4n) is 3.12. The fraction of sp³-hybridized carbons (Fsp3) is 0.562. The monoisotopic (exact) mass is 383 g/mol. The van der Waals surface area contributed by atoms with E-state index in [4.69, 9.17) is 16.1 Å². The largest absolute Gasteiger partial charge is 0.363 e. The van der Waals surface area contributed by atoms with Crippen molar-refractivity contribution < 1.29 is 9.32 Å². The van der Waals surface area contributed by atoms with Gasteiger partial charge in [0.15, 0.2) is 11.0 Å². The number of nitrogens with one attached hydrogen (secondary N) is 1. The van der Waals surface area contributed by atoms with Crippen molar-refractivity contribution in [3.05, 3.63) is 23.7 Å². The average Bonchev–Trinajstić information content (AvgIpc) is 3.17. The Bertz CT molecular complexity index is 723. The number of thioether (sulfide) groups is 1. The van der Waals surface area contributed by atoms with Crippen LogP contribution in [-0.4, -0.2) is 43.7 Å². The topological polar surface area (TPSA) is 76.2 Å². The lowest BCUT2D eigenvalue weighted by molar-refractivity contribution is 0.173. The minimum Gasteiger partial charge on any atom is -0.363 e. The second-order valence-electron chi connectivity index (χ2n) is 6.74. The number of aryl methyl sites for hydroxylation is 1. The van der Waals surface area contributed by atoms with E-state index < -0.39 is 0 Å². The number of piperidine rings is 1. The lowest BCUT2D eigenvalue weighted by atomic mass is 9.86. The zero-order valence-corrected chi connectivity index (χ0v) is 16.1. The van der Waals surface area contributed by atoms with Crippen molar-refractivity contribution in [1.82, 2.24) is 19.8 Å². The Morgan fingerprint density at radius 1 is 1.44 bits per heavy atom. The van der Waals surface area contributed by atoms with Gasteiger partial charge in [0.05, 0.1) is 4.90 Å². The summed E-state index contributed by atoms with van der Waals surface area (Å²) in [5.74, 6) is 0.930. The summed E-state index contributed by atoms with van der Waals surface area (Å²) in [6.07, 6.45) is 5.29. The quantitative estimate of drug-likeness (QED) is 0.811. The molecule has 9 heteroatoms. The first-order valence-electron chi connectivity index (χ1n) is 8.19. The molecule has 25 heavy (non-hydrogen) atoms. The molecule has 0 unspecified atom stereocenters. The Morgan fingerprint density at radius 3 is 2.72 bits per heavy atom. The molecule has 1 fully saturated rings. The van der Waals surface area contributed by atoms with Gasteiger partial charge in [-0.05, 0) is 18.8 Å². The summed E-state index contributed by atoms with van der Waals surface area (Å²) in [7, 11) is 1.87. The highest BCUT2D eigenvalue weighted by atomic mass is 35.5. The third-order valence-corrected chi connectivity index (χ3v) is 6.33. The van der Waals surface area contributed by atoms with Gasteiger partial charge in [0.2, 0.25) is 0 Å². The normalized spacial score (nSPS) is 16.2. The SMILES string of the molecule is Cn1cc(SC(C)(C)C2CCN(C(=O)Nc3ccon3)CC2)c(Cl)n1. The molecule has 0 spiro atoms. The first-order chi connectivity index (χ1) is 11.8. The van der Waals surface area contributed by atoms with Gasteiger partial charge in [-0.1, -0.05) is 30.6 Å². The number of anilines is 1. The Balaban J connectivity index is 1.55. The predicted molar refractivity (Wildman–Crippen MR) is 98.0 cm³/mol. The minimum atomic E-state index is -0.131. The van der Waals surface area contributed by atoms with Crippen LogP contribution in [0.2, 0.25) is 5.15 Å². The van der Waals surface area contributed by atoms with Crippen LogP contribution in [0, 0.1) is 5.92 Å². The lowest BCUT2D eigenvalue weighted by Gasteiger charge is -2.40. The van der Waals surface area contributed by atoms with Crippen molar-refractivity contribution in [3.8, 4) is 0 Å². The van der Waals surface area contributed by atoms with Crippen LogP contribution < -0.4 is 5.32 Å². The lowest BCUT2D eigenvalue weighted by Crippen LogP contribution is -2.44. The van der Waals surface area contributed by atoms with Gasteiger partial charge in [0, 0.05) is 37.1 Å². The van der Waals surface area contributed by atoms with Crippen LogP contribution in [0.1, 0.15) is 26.7 Å². The van der Waals surface area contributed by atoms with Crippen LogP contribution in [0.3, 0.4) is 0 Å². The number of carbonyl (C=O) groups is 1. The maximum Gasteiger partial charge on any atom is 0.323 e. The van der Waals surface area contributed by atoms with E-state index in [-0.39, 0.29) is 10.8 Å². The predicted octanol–water partition coefficient (Wildman–Crippen LogP) is 3.88. The first-order valence-corrected chi connectivity index (χ1v) is 9.39. The molecule has 1 aliphatic heterocycles. The molecule has 0 radical (unpaired) electrons. The summed E-state index contributed by atoms with van der Waals surface area (Å²) in [4.78, 5) is 15.1. The highest BCUT2D eigenvalue weighted by molar-refractivity contribution is 8.00. The van der Waals surface area contributed by atoms with Crippen molar-refractivity contribution in [2.45, 2.75) is 36.3 Å². The van der Waals surface area contributed by atoms with Gasteiger partial charge >= 0.3 is 6.03 Å². The third kappa shape index (κ3) is 4.30. The summed E-state index contributed by atoms with van der Waals surface area (Å²) in [5, 5.41) is 11.2. The third-order valence-electron chi connectivity index (χ3n) is 4.56. The number of halogens is 1. The van der Waals surface area contributed by atoms with Crippen molar-refractivity contribution in [1.29, 1.82) is 0 Å². The number of hydrogen-bond donors (Lipinski definition) is 1. The van der Waals surface area contributed by atoms with Crippen LogP contribution in [0.4, 0.5) is 10.6 Å². The standard InChI is InChI=1S/C16H22ClN5O2S/c1-16(2,25-12-10-21(3)19-14(12)17)11-4-7-22(8-5-11)15(23)18-13-6-9-24-20-13/h6,9-11H,4-5,7-8H2,1-3H3,(H,18,20,23). The van der Waals surface area contributed by atoms with Crippen molar-refractivity contribution in [3.63, 3.8) is 0 Å². The highest BCUT2D eigenvalue weighted by Crippen LogP contribution is 2.44. The number of aromatic nitrogens is 3. The molecule has 136 valence electrons. The maximum absolute atomic E-state index is 12.3. The molecular weight excluding hydrogens is 362 g/mol.